The van der Waals surface area contributed by atoms with Crippen LogP contribution in [0.4, 0.5) is 0 Å². The Labute approximate surface area is 122 Å². The maximum absolute atomic E-state index is 12.2. The number of halogens is 1. The summed E-state index contributed by atoms with van der Waals surface area (Å²) in [6.45, 7) is 5.93. The third-order valence-electron chi connectivity index (χ3n) is 2.98. The fourth-order valence-corrected chi connectivity index (χ4v) is 3.11. The molecular formula is C15H16ClNOS. The Balaban J connectivity index is 2.13. The Morgan fingerprint density at radius 1 is 1.32 bits per heavy atom. The molecule has 2 aromatic rings. The van der Waals surface area contributed by atoms with E-state index in [-0.39, 0.29) is 11.9 Å². The number of rotatable bonds is 3. The lowest BCUT2D eigenvalue weighted by Crippen LogP contribution is -2.26. The van der Waals surface area contributed by atoms with E-state index in [0.29, 0.717) is 5.02 Å². The van der Waals surface area contributed by atoms with Crippen molar-refractivity contribution in [2.75, 3.05) is 0 Å². The molecule has 0 fully saturated rings. The van der Waals surface area contributed by atoms with Crippen molar-refractivity contribution in [1.29, 1.82) is 0 Å². The highest BCUT2D eigenvalue weighted by atomic mass is 35.5. The van der Waals surface area contributed by atoms with Gasteiger partial charge in [0.05, 0.1) is 11.6 Å². The van der Waals surface area contributed by atoms with Crippen molar-refractivity contribution in [2.24, 2.45) is 0 Å². The van der Waals surface area contributed by atoms with E-state index >= 15 is 0 Å². The number of nitrogens with one attached hydrogen (secondary N) is 1. The third kappa shape index (κ3) is 3.37. The maximum Gasteiger partial charge on any atom is 0.252 e. The van der Waals surface area contributed by atoms with E-state index in [4.69, 9.17) is 11.6 Å². The first-order valence-electron chi connectivity index (χ1n) is 6.10. The van der Waals surface area contributed by atoms with E-state index < -0.39 is 0 Å². The fraction of sp³-hybridized carbons (Fsp3) is 0.267. The minimum absolute atomic E-state index is 0.0330. The van der Waals surface area contributed by atoms with E-state index in [1.807, 2.05) is 51.1 Å². The fourth-order valence-electron chi connectivity index (χ4n) is 1.99. The molecule has 1 aromatic heterocycles. The molecule has 0 saturated carbocycles. The molecule has 0 aliphatic rings. The predicted octanol–water partition coefficient (Wildman–Crippen LogP) is 4.51. The molecule has 4 heteroatoms. The summed E-state index contributed by atoms with van der Waals surface area (Å²) in [5.74, 6) is -0.0330. The van der Waals surface area contributed by atoms with Gasteiger partial charge in [0.25, 0.3) is 5.91 Å². The van der Waals surface area contributed by atoms with Crippen LogP contribution in [0.3, 0.4) is 0 Å². The molecule has 1 atom stereocenters. The Hall–Kier alpha value is -1.32. The number of amides is 1. The topological polar surface area (TPSA) is 29.1 Å². The van der Waals surface area contributed by atoms with Gasteiger partial charge in [-0.3, -0.25) is 4.79 Å². The highest BCUT2D eigenvalue weighted by molar-refractivity contribution is 7.12. The van der Waals surface area contributed by atoms with Crippen molar-refractivity contribution in [1.82, 2.24) is 5.32 Å². The van der Waals surface area contributed by atoms with Gasteiger partial charge in [-0.15, -0.1) is 11.3 Å². The zero-order valence-electron chi connectivity index (χ0n) is 11.2. The van der Waals surface area contributed by atoms with Gasteiger partial charge < -0.3 is 5.32 Å². The standard InChI is InChI=1S/C15H16ClNOS/c1-9-7-14(11(3)19-9)15(18)17-10(2)12-5-4-6-13(16)8-12/h4-8,10H,1-3H3,(H,17,18). The van der Waals surface area contributed by atoms with E-state index in [9.17, 15) is 4.79 Å². The molecular weight excluding hydrogens is 278 g/mol. The third-order valence-corrected chi connectivity index (χ3v) is 4.18. The zero-order chi connectivity index (χ0) is 14.0. The molecule has 100 valence electrons. The van der Waals surface area contributed by atoms with Crippen LogP contribution in [0.1, 0.15) is 38.6 Å². The van der Waals surface area contributed by atoms with Gasteiger partial charge in [-0.05, 0) is 44.5 Å². The minimum Gasteiger partial charge on any atom is -0.345 e. The Morgan fingerprint density at radius 2 is 2.05 bits per heavy atom. The van der Waals surface area contributed by atoms with Gasteiger partial charge in [-0.25, -0.2) is 0 Å². The van der Waals surface area contributed by atoms with Crippen LogP contribution in [0.25, 0.3) is 0 Å². The number of thiophene rings is 1. The zero-order valence-corrected chi connectivity index (χ0v) is 12.7. The smallest absolute Gasteiger partial charge is 0.252 e. The van der Waals surface area contributed by atoms with Crippen molar-refractivity contribution in [3.63, 3.8) is 0 Å². The maximum atomic E-state index is 12.2. The predicted molar refractivity (Wildman–Crippen MR) is 81.1 cm³/mol. The first-order valence-corrected chi connectivity index (χ1v) is 7.30. The van der Waals surface area contributed by atoms with Crippen LogP contribution in [-0.4, -0.2) is 5.91 Å². The van der Waals surface area contributed by atoms with Crippen LogP contribution < -0.4 is 5.32 Å². The molecule has 2 rings (SSSR count). The number of carbonyl (C=O) groups is 1. The summed E-state index contributed by atoms with van der Waals surface area (Å²) in [4.78, 5) is 14.4. The summed E-state index contributed by atoms with van der Waals surface area (Å²) < 4.78 is 0. The van der Waals surface area contributed by atoms with Crippen molar-refractivity contribution < 1.29 is 4.79 Å². The van der Waals surface area contributed by atoms with Gasteiger partial charge in [0.1, 0.15) is 0 Å². The lowest BCUT2D eigenvalue weighted by atomic mass is 10.1. The monoisotopic (exact) mass is 293 g/mol. The molecule has 0 aliphatic heterocycles. The molecule has 1 aromatic carbocycles. The first-order chi connectivity index (χ1) is 8.97. The number of benzene rings is 1. The van der Waals surface area contributed by atoms with Crippen LogP contribution >= 0.6 is 22.9 Å². The highest BCUT2D eigenvalue weighted by Crippen LogP contribution is 2.22. The van der Waals surface area contributed by atoms with Crippen LogP contribution in [-0.2, 0) is 0 Å². The minimum atomic E-state index is -0.0641. The van der Waals surface area contributed by atoms with Crippen LogP contribution in [0, 0.1) is 13.8 Å². The molecule has 0 spiro atoms. The number of carbonyl (C=O) groups excluding carboxylic acids is 1. The van der Waals surface area contributed by atoms with E-state index in [1.54, 1.807) is 11.3 Å². The Morgan fingerprint density at radius 3 is 2.63 bits per heavy atom. The second-order valence-corrected chi connectivity index (χ2v) is 6.47. The molecule has 0 saturated heterocycles. The summed E-state index contributed by atoms with van der Waals surface area (Å²) in [5, 5.41) is 3.68. The molecule has 1 N–H and O–H groups in total. The van der Waals surface area contributed by atoms with Crippen LogP contribution in [0.2, 0.25) is 5.02 Å². The molecule has 0 radical (unpaired) electrons. The molecule has 0 bridgehead atoms. The van der Waals surface area contributed by atoms with Crippen LogP contribution in [0.15, 0.2) is 30.3 Å². The number of hydrogen-bond acceptors (Lipinski definition) is 2. The van der Waals surface area contributed by atoms with E-state index in [0.717, 1.165) is 20.9 Å². The van der Waals surface area contributed by atoms with Gasteiger partial charge in [-0.2, -0.15) is 0 Å². The quantitative estimate of drug-likeness (QED) is 0.886. The van der Waals surface area contributed by atoms with E-state index in [2.05, 4.69) is 5.32 Å². The lowest BCUT2D eigenvalue weighted by molar-refractivity contribution is 0.0940. The molecule has 2 nitrogen and oxygen atoms in total. The van der Waals surface area contributed by atoms with E-state index in [1.165, 1.54) is 0 Å². The summed E-state index contributed by atoms with van der Waals surface area (Å²) in [6.07, 6.45) is 0. The molecule has 0 aliphatic carbocycles. The summed E-state index contributed by atoms with van der Waals surface area (Å²) in [6, 6.07) is 9.42. The SMILES string of the molecule is Cc1cc(C(=O)NC(C)c2cccc(Cl)c2)c(C)s1. The molecule has 1 unspecified atom stereocenters. The van der Waals surface area contributed by atoms with Gasteiger partial charge in [-0.1, -0.05) is 23.7 Å². The first kappa shape index (κ1) is 14.1. The van der Waals surface area contributed by atoms with Crippen molar-refractivity contribution in [2.45, 2.75) is 26.8 Å². The molecule has 1 heterocycles. The Kier molecular flexibility index (Phi) is 4.27. The molecule has 1 amide bonds. The largest absolute Gasteiger partial charge is 0.345 e. The molecule has 19 heavy (non-hydrogen) atoms. The second-order valence-electron chi connectivity index (χ2n) is 4.58. The van der Waals surface area contributed by atoms with Crippen molar-refractivity contribution in [3.8, 4) is 0 Å². The normalized spacial score (nSPS) is 12.2. The number of hydrogen-bond donors (Lipinski definition) is 1. The Bertz CT molecular complexity index is 606. The van der Waals surface area contributed by atoms with Gasteiger partial charge in [0.15, 0.2) is 0 Å². The highest BCUT2D eigenvalue weighted by Gasteiger charge is 2.15. The number of aryl methyl sites for hydroxylation is 2. The van der Waals surface area contributed by atoms with Gasteiger partial charge >= 0.3 is 0 Å². The van der Waals surface area contributed by atoms with Gasteiger partial charge in [0.2, 0.25) is 0 Å². The summed E-state index contributed by atoms with van der Waals surface area (Å²) >= 11 is 7.60. The summed E-state index contributed by atoms with van der Waals surface area (Å²) in [7, 11) is 0. The van der Waals surface area contributed by atoms with Crippen LogP contribution in [0.5, 0.6) is 0 Å². The van der Waals surface area contributed by atoms with Crippen molar-refractivity contribution >= 4 is 28.8 Å². The lowest BCUT2D eigenvalue weighted by Gasteiger charge is -2.14. The van der Waals surface area contributed by atoms with Crippen molar-refractivity contribution in [3.05, 3.63) is 56.2 Å². The van der Waals surface area contributed by atoms with Gasteiger partial charge in [0, 0.05) is 14.8 Å². The average Bonchev–Trinajstić information content (AvgIpc) is 2.68. The summed E-state index contributed by atoms with van der Waals surface area (Å²) in [5.41, 5.74) is 1.77. The second kappa shape index (κ2) is 5.76. The average molecular weight is 294 g/mol.